The molecule has 1 aliphatic carbocycles. The van der Waals surface area contributed by atoms with Crippen LogP contribution in [0.1, 0.15) is 32.6 Å². The fraction of sp³-hybridized carbons (Fsp3) is 1.00. The van der Waals surface area contributed by atoms with E-state index in [-0.39, 0.29) is 6.10 Å². The van der Waals surface area contributed by atoms with Gasteiger partial charge in [0.1, 0.15) is 0 Å². The second kappa shape index (κ2) is 4.60. The lowest BCUT2D eigenvalue weighted by atomic mass is 10.1. The fourth-order valence-corrected chi connectivity index (χ4v) is 2.83. The molecule has 3 nitrogen and oxygen atoms in total. The van der Waals surface area contributed by atoms with Gasteiger partial charge in [0, 0.05) is 18.7 Å². The van der Waals surface area contributed by atoms with E-state index >= 15 is 0 Å². The fourth-order valence-electron chi connectivity index (χ4n) is 2.83. The van der Waals surface area contributed by atoms with E-state index in [4.69, 9.17) is 4.74 Å². The number of hydrogen-bond donors (Lipinski definition) is 1. The molecule has 2 rings (SSSR count). The van der Waals surface area contributed by atoms with Crippen molar-refractivity contribution in [2.75, 3.05) is 19.8 Å². The van der Waals surface area contributed by atoms with Crippen LogP contribution in [0.15, 0.2) is 0 Å². The zero-order valence-electron chi connectivity index (χ0n) is 8.98. The van der Waals surface area contributed by atoms with E-state index in [1.54, 1.807) is 0 Å². The first-order chi connectivity index (χ1) is 6.81. The van der Waals surface area contributed by atoms with Gasteiger partial charge in [-0.3, -0.25) is 4.90 Å². The monoisotopic (exact) mass is 199 g/mol. The Balaban J connectivity index is 1.91. The summed E-state index contributed by atoms with van der Waals surface area (Å²) in [5.41, 5.74) is 0. The predicted molar refractivity (Wildman–Crippen MR) is 55.2 cm³/mol. The third-order valence-corrected chi connectivity index (χ3v) is 3.59. The van der Waals surface area contributed by atoms with Crippen LogP contribution in [-0.2, 0) is 4.74 Å². The summed E-state index contributed by atoms with van der Waals surface area (Å²) in [4.78, 5) is 2.53. The molecule has 82 valence electrons. The van der Waals surface area contributed by atoms with Crippen molar-refractivity contribution in [2.24, 2.45) is 0 Å². The average Bonchev–Trinajstić information content (AvgIpc) is 2.79. The Morgan fingerprint density at radius 2 is 2.14 bits per heavy atom. The van der Waals surface area contributed by atoms with Crippen LogP contribution in [0.3, 0.4) is 0 Å². The van der Waals surface area contributed by atoms with Gasteiger partial charge >= 0.3 is 0 Å². The van der Waals surface area contributed by atoms with E-state index in [0.717, 1.165) is 39.0 Å². The third-order valence-electron chi connectivity index (χ3n) is 3.59. The summed E-state index contributed by atoms with van der Waals surface area (Å²) in [7, 11) is 0. The molecule has 2 fully saturated rings. The summed E-state index contributed by atoms with van der Waals surface area (Å²) in [6.07, 6.45) is 4.21. The lowest BCUT2D eigenvalue weighted by molar-refractivity contribution is 0.103. The van der Waals surface area contributed by atoms with Gasteiger partial charge in [-0.15, -0.1) is 0 Å². The first-order valence-corrected chi connectivity index (χ1v) is 5.82. The quantitative estimate of drug-likeness (QED) is 0.736. The second-order valence-corrected chi connectivity index (χ2v) is 4.47. The van der Waals surface area contributed by atoms with Crippen LogP contribution in [-0.4, -0.2) is 48.0 Å². The number of aliphatic hydroxyl groups excluding tert-OH is 1. The first kappa shape index (κ1) is 10.4. The molecule has 3 unspecified atom stereocenters. The van der Waals surface area contributed by atoms with Crippen LogP contribution >= 0.6 is 0 Å². The van der Waals surface area contributed by atoms with Crippen LogP contribution in [0.5, 0.6) is 0 Å². The molecule has 3 heteroatoms. The minimum absolute atomic E-state index is 0.0589. The highest BCUT2D eigenvalue weighted by molar-refractivity contribution is 4.87. The van der Waals surface area contributed by atoms with Gasteiger partial charge in [-0.2, -0.15) is 0 Å². The van der Waals surface area contributed by atoms with Crippen molar-refractivity contribution in [3.8, 4) is 0 Å². The molecule has 14 heavy (non-hydrogen) atoms. The van der Waals surface area contributed by atoms with Gasteiger partial charge in [0.2, 0.25) is 0 Å². The van der Waals surface area contributed by atoms with Crippen molar-refractivity contribution in [1.29, 1.82) is 0 Å². The van der Waals surface area contributed by atoms with Gasteiger partial charge in [0.05, 0.1) is 12.7 Å². The largest absolute Gasteiger partial charge is 0.393 e. The van der Waals surface area contributed by atoms with E-state index in [2.05, 4.69) is 11.8 Å². The molecular formula is C11H21NO2. The van der Waals surface area contributed by atoms with Crippen molar-refractivity contribution in [1.82, 2.24) is 4.90 Å². The van der Waals surface area contributed by atoms with Crippen molar-refractivity contribution in [2.45, 2.75) is 50.8 Å². The number of aliphatic hydroxyl groups is 1. The first-order valence-electron chi connectivity index (χ1n) is 5.82. The summed E-state index contributed by atoms with van der Waals surface area (Å²) < 4.78 is 5.42. The Kier molecular flexibility index (Phi) is 3.42. The predicted octanol–water partition coefficient (Wildman–Crippen LogP) is 1.01. The summed E-state index contributed by atoms with van der Waals surface area (Å²) >= 11 is 0. The molecule has 1 heterocycles. The number of nitrogens with zero attached hydrogens (tertiary/aromatic N) is 1. The summed E-state index contributed by atoms with van der Waals surface area (Å²) in [5.74, 6) is 0. The molecule has 0 aromatic carbocycles. The zero-order valence-corrected chi connectivity index (χ0v) is 8.98. The van der Waals surface area contributed by atoms with E-state index in [0.29, 0.717) is 12.1 Å². The molecule has 1 N–H and O–H groups in total. The van der Waals surface area contributed by atoms with Gasteiger partial charge in [0.15, 0.2) is 0 Å². The molecule has 0 aromatic heterocycles. The van der Waals surface area contributed by atoms with Gasteiger partial charge in [-0.1, -0.05) is 6.92 Å². The molecular weight excluding hydrogens is 178 g/mol. The van der Waals surface area contributed by atoms with Crippen LogP contribution in [0.25, 0.3) is 0 Å². The highest BCUT2D eigenvalue weighted by Gasteiger charge is 2.32. The summed E-state index contributed by atoms with van der Waals surface area (Å²) in [6.45, 7) is 5.10. The Bertz CT molecular complexity index is 180. The molecule has 0 spiro atoms. The van der Waals surface area contributed by atoms with Crippen LogP contribution in [0.2, 0.25) is 0 Å². The van der Waals surface area contributed by atoms with Gasteiger partial charge in [-0.25, -0.2) is 0 Å². The Morgan fingerprint density at radius 1 is 1.29 bits per heavy atom. The number of rotatable bonds is 3. The smallest absolute Gasteiger partial charge is 0.0622 e. The molecule has 0 bridgehead atoms. The van der Waals surface area contributed by atoms with E-state index in [9.17, 15) is 5.11 Å². The van der Waals surface area contributed by atoms with Crippen LogP contribution in [0, 0.1) is 0 Å². The molecule has 2 aliphatic rings. The minimum atomic E-state index is -0.0589. The Labute approximate surface area is 86.0 Å². The highest BCUT2D eigenvalue weighted by atomic mass is 16.5. The second-order valence-electron chi connectivity index (χ2n) is 4.47. The number of likely N-dealkylation sites (N-methyl/N-ethyl adjacent to an activating group) is 1. The molecule has 3 atom stereocenters. The molecule has 1 saturated heterocycles. The standard InChI is InChI=1S/C11H21NO2/c1-2-12(10-5-6-14-8-10)9-3-4-11(13)7-9/h9-11,13H,2-8H2,1H3. The lowest BCUT2D eigenvalue weighted by Crippen LogP contribution is -2.42. The van der Waals surface area contributed by atoms with Crippen molar-refractivity contribution in [3.05, 3.63) is 0 Å². The topological polar surface area (TPSA) is 32.7 Å². The molecule has 0 radical (unpaired) electrons. The lowest BCUT2D eigenvalue weighted by Gasteiger charge is -2.32. The average molecular weight is 199 g/mol. The van der Waals surface area contributed by atoms with Crippen molar-refractivity contribution < 1.29 is 9.84 Å². The maximum Gasteiger partial charge on any atom is 0.0622 e. The van der Waals surface area contributed by atoms with E-state index < -0.39 is 0 Å². The molecule has 0 amide bonds. The SMILES string of the molecule is CCN(C1CCOC1)C1CCC(O)C1. The van der Waals surface area contributed by atoms with Crippen LogP contribution in [0.4, 0.5) is 0 Å². The Hall–Kier alpha value is -0.120. The van der Waals surface area contributed by atoms with Gasteiger partial charge in [-0.05, 0) is 32.2 Å². The number of ether oxygens (including phenoxy) is 1. The zero-order chi connectivity index (χ0) is 9.97. The maximum absolute atomic E-state index is 9.53. The van der Waals surface area contributed by atoms with E-state index in [1.807, 2.05) is 0 Å². The Morgan fingerprint density at radius 3 is 2.64 bits per heavy atom. The summed E-state index contributed by atoms with van der Waals surface area (Å²) in [5, 5.41) is 9.53. The van der Waals surface area contributed by atoms with Crippen molar-refractivity contribution in [3.63, 3.8) is 0 Å². The van der Waals surface area contributed by atoms with Crippen molar-refractivity contribution >= 4 is 0 Å². The third kappa shape index (κ3) is 2.10. The maximum atomic E-state index is 9.53. The summed E-state index contributed by atoms with van der Waals surface area (Å²) in [6, 6.07) is 1.21. The number of hydrogen-bond acceptors (Lipinski definition) is 3. The van der Waals surface area contributed by atoms with E-state index in [1.165, 1.54) is 6.42 Å². The molecule has 1 saturated carbocycles. The molecule has 0 aromatic rings. The minimum Gasteiger partial charge on any atom is -0.393 e. The van der Waals surface area contributed by atoms with Gasteiger partial charge in [0.25, 0.3) is 0 Å². The van der Waals surface area contributed by atoms with Crippen LogP contribution < -0.4 is 0 Å². The van der Waals surface area contributed by atoms with Gasteiger partial charge < -0.3 is 9.84 Å². The molecule has 1 aliphatic heterocycles. The highest BCUT2D eigenvalue weighted by Crippen LogP contribution is 2.27. The normalized spacial score (nSPS) is 38.4.